The average molecular weight is 504 g/mol. The van der Waals surface area contributed by atoms with E-state index < -0.39 is 9.14 Å². The number of halogens is 6. The molecular weight excluding hydrogens is 487 g/mol. The van der Waals surface area contributed by atoms with Gasteiger partial charge >= 0.3 is 62.1 Å². The summed E-state index contributed by atoms with van der Waals surface area (Å²) in [6, 6.07) is 0.276. The van der Waals surface area contributed by atoms with Crippen LogP contribution in [0.15, 0.2) is 0 Å². The molecule has 19 heavy (non-hydrogen) atoms. The van der Waals surface area contributed by atoms with Crippen LogP contribution in [0.3, 0.4) is 0 Å². The van der Waals surface area contributed by atoms with E-state index in [-0.39, 0.29) is 6.04 Å². The normalized spacial score (nSPS) is 19.5. The van der Waals surface area contributed by atoms with Gasteiger partial charge in [0.2, 0.25) is 0 Å². The summed E-state index contributed by atoms with van der Waals surface area (Å²) in [5.74, 6) is 1.17. The molecule has 0 aromatic carbocycles. The van der Waals surface area contributed by atoms with Crippen molar-refractivity contribution in [2.75, 3.05) is 13.6 Å². The molecule has 1 aliphatic heterocycles. The molecule has 0 unspecified atom stereocenters. The molecule has 0 radical (unpaired) electrons. The summed E-state index contributed by atoms with van der Waals surface area (Å²) in [6.45, 7) is 5.15. The van der Waals surface area contributed by atoms with Crippen LogP contribution in [0.4, 0.5) is 0 Å². The monoisotopic (exact) mass is 500 g/mol. The van der Waals surface area contributed by atoms with Gasteiger partial charge in [-0.3, -0.25) is 9.37 Å². The number of hydrogen-bond acceptors (Lipinski definition) is 1. The summed E-state index contributed by atoms with van der Waals surface area (Å²) in [4.78, 5) is 12.6. The predicted molar refractivity (Wildman–Crippen MR) is 89.2 cm³/mol. The van der Waals surface area contributed by atoms with Crippen LogP contribution in [-0.2, 0) is 4.79 Å². The zero-order valence-corrected chi connectivity index (χ0v) is 17.9. The van der Waals surface area contributed by atoms with E-state index in [1.54, 1.807) is 0 Å². The minimum atomic E-state index is -5.42. The van der Waals surface area contributed by atoms with Gasteiger partial charge in [0.05, 0.1) is 26.1 Å². The van der Waals surface area contributed by atoms with E-state index in [1.807, 2.05) is 25.8 Å². The van der Waals surface area contributed by atoms with Gasteiger partial charge in [-0.05, 0) is 20.3 Å². The van der Waals surface area contributed by atoms with Gasteiger partial charge in [-0.25, -0.2) is 4.90 Å². The Balaban J connectivity index is 0.000000399. The van der Waals surface area contributed by atoms with Crippen molar-refractivity contribution >= 4 is 74.4 Å². The van der Waals surface area contributed by atoms with Crippen LogP contribution >= 0.6 is 53.0 Å². The van der Waals surface area contributed by atoms with Crippen molar-refractivity contribution in [3.8, 4) is 0 Å². The molecular formula is C9H17Cl6N2OSb. The molecule has 0 atom stereocenters. The SMILES string of the molecule is CC(C)N(C=O)C1=[N+](C)CCC1.[Cl][Sb-]([Cl])([Cl])([Cl])([Cl])[Cl]. The standard InChI is InChI=1S/C9H17N2O.6ClH.Sb/c1-8(2)11(7-12)9-5-4-6-10(9)3;;;;;;;/h7-8H,4-6H2,1-3H3;6*1H;/q+1;;;;;;;+5/p-6. The molecule has 0 aromatic heterocycles. The first kappa shape index (κ1) is 20.7. The zero-order chi connectivity index (χ0) is 15.5. The summed E-state index contributed by atoms with van der Waals surface area (Å²) < 4.78 is 2.16. The van der Waals surface area contributed by atoms with Crippen molar-refractivity contribution in [1.82, 2.24) is 4.90 Å². The van der Waals surface area contributed by atoms with E-state index in [0.717, 1.165) is 19.4 Å². The van der Waals surface area contributed by atoms with Crippen LogP contribution in [0, 0.1) is 0 Å². The molecule has 0 aromatic rings. The molecule has 0 spiro atoms. The number of rotatable bonds is 2. The molecule has 3 nitrogen and oxygen atoms in total. The molecule has 0 N–H and O–H groups in total. The first-order valence-corrected chi connectivity index (χ1v) is 24.9. The number of amidine groups is 1. The molecule has 1 heterocycles. The van der Waals surface area contributed by atoms with Gasteiger partial charge in [-0.15, -0.1) is 0 Å². The third kappa shape index (κ3) is 13.1. The van der Waals surface area contributed by atoms with E-state index in [0.29, 0.717) is 0 Å². The first-order chi connectivity index (χ1) is 8.11. The fourth-order valence-electron chi connectivity index (χ4n) is 1.60. The summed E-state index contributed by atoms with van der Waals surface area (Å²) >= 11 is 0. The number of carbonyl (C=O) groups excluding carboxylic acids is 1. The molecule has 1 amide bonds. The summed E-state index contributed by atoms with van der Waals surface area (Å²) in [7, 11) is 27.0. The molecule has 0 fully saturated rings. The van der Waals surface area contributed by atoms with E-state index in [1.165, 1.54) is 12.3 Å². The quantitative estimate of drug-likeness (QED) is 0.310. The predicted octanol–water partition coefficient (Wildman–Crippen LogP) is 4.44. The number of carbonyl (C=O) groups is 1. The fraction of sp³-hybridized carbons (Fsp3) is 0.778. The van der Waals surface area contributed by atoms with Gasteiger partial charge in [-0.1, -0.05) is 0 Å². The van der Waals surface area contributed by atoms with Crippen LogP contribution in [-0.4, -0.2) is 50.5 Å². The van der Waals surface area contributed by atoms with Crippen molar-refractivity contribution in [3.05, 3.63) is 0 Å². The van der Waals surface area contributed by atoms with E-state index in [4.69, 9.17) is 53.0 Å². The molecule has 0 bridgehead atoms. The Morgan fingerprint density at radius 3 is 1.84 bits per heavy atom. The Hall–Kier alpha value is 1.70. The molecule has 1 rings (SSSR count). The van der Waals surface area contributed by atoms with Crippen LogP contribution in [0.25, 0.3) is 0 Å². The third-order valence-corrected chi connectivity index (χ3v) is 2.30. The topological polar surface area (TPSA) is 23.3 Å². The van der Waals surface area contributed by atoms with Crippen molar-refractivity contribution < 1.29 is 9.37 Å². The second-order valence-electron chi connectivity index (χ2n) is 4.51. The number of nitrogens with zero attached hydrogens (tertiary/aromatic N) is 2. The first-order valence-electron chi connectivity index (χ1n) is 5.49. The molecule has 1 aliphatic rings. The van der Waals surface area contributed by atoms with Crippen LogP contribution in [0.2, 0.25) is 0 Å². The van der Waals surface area contributed by atoms with E-state index >= 15 is 0 Å². The van der Waals surface area contributed by atoms with Gasteiger partial charge in [-0.2, -0.15) is 0 Å². The number of hydrogen-bond donors (Lipinski definition) is 0. The summed E-state index contributed by atoms with van der Waals surface area (Å²) in [6.07, 6.45) is 3.14. The molecule has 0 saturated heterocycles. The maximum absolute atomic E-state index is 10.8. The van der Waals surface area contributed by atoms with Gasteiger partial charge in [0.25, 0.3) is 12.2 Å². The molecule has 0 saturated carbocycles. The Kier molecular flexibility index (Phi) is 7.02. The van der Waals surface area contributed by atoms with Crippen molar-refractivity contribution in [3.63, 3.8) is 0 Å². The Bertz CT molecular complexity index is 363. The van der Waals surface area contributed by atoms with Crippen LogP contribution < -0.4 is 0 Å². The fourth-order valence-corrected chi connectivity index (χ4v) is 1.60. The van der Waals surface area contributed by atoms with Crippen molar-refractivity contribution in [1.29, 1.82) is 0 Å². The average Bonchev–Trinajstić information content (AvgIpc) is 2.47. The minimum absolute atomic E-state index is 0.276. The molecule has 116 valence electrons. The van der Waals surface area contributed by atoms with E-state index in [2.05, 4.69) is 4.58 Å². The molecule has 0 aliphatic carbocycles. The van der Waals surface area contributed by atoms with Crippen molar-refractivity contribution in [2.45, 2.75) is 32.7 Å². The van der Waals surface area contributed by atoms with Gasteiger partial charge in [0.15, 0.2) is 0 Å². The third-order valence-electron chi connectivity index (χ3n) is 2.30. The maximum atomic E-state index is 10.8. The molecule has 10 heteroatoms. The Labute approximate surface area is 133 Å². The Morgan fingerprint density at radius 1 is 1.21 bits per heavy atom. The van der Waals surface area contributed by atoms with E-state index in [9.17, 15) is 4.79 Å². The summed E-state index contributed by atoms with van der Waals surface area (Å²) in [5, 5.41) is 0. The van der Waals surface area contributed by atoms with Gasteiger partial charge in [0.1, 0.15) is 0 Å². The Morgan fingerprint density at radius 2 is 1.63 bits per heavy atom. The van der Waals surface area contributed by atoms with Crippen LogP contribution in [0.1, 0.15) is 26.7 Å². The number of amides is 1. The summed E-state index contributed by atoms with van der Waals surface area (Å²) in [5.41, 5.74) is 0. The zero-order valence-electron chi connectivity index (χ0n) is 10.8. The second kappa shape index (κ2) is 6.44. The second-order valence-corrected chi connectivity index (χ2v) is 61.4. The van der Waals surface area contributed by atoms with Crippen molar-refractivity contribution in [2.24, 2.45) is 0 Å². The van der Waals surface area contributed by atoms with Gasteiger partial charge < -0.3 is 0 Å². The van der Waals surface area contributed by atoms with Crippen LogP contribution in [0.5, 0.6) is 0 Å². The van der Waals surface area contributed by atoms with Gasteiger partial charge in [0, 0.05) is 0 Å².